The van der Waals surface area contributed by atoms with Gasteiger partial charge in [0.15, 0.2) is 0 Å². The number of carbonyl (C=O) groups excluding carboxylic acids is 1. The summed E-state index contributed by atoms with van der Waals surface area (Å²) in [7, 11) is -2.67. The van der Waals surface area contributed by atoms with E-state index in [1.54, 1.807) is 0 Å². The molecular formula is C7H8N2O3S. The number of carbonyl (C=O) groups is 1. The van der Waals surface area contributed by atoms with Gasteiger partial charge in [0.05, 0.1) is 0 Å². The zero-order valence-corrected chi connectivity index (χ0v) is 7.45. The van der Waals surface area contributed by atoms with Crippen LogP contribution in [0.3, 0.4) is 0 Å². The number of hydrogen-bond donors (Lipinski definition) is 3. The molecule has 0 aliphatic heterocycles. The second-order valence-electron chi connectivity index (χ2n) is 2.31. The summed E-state index contributed by atoms with van der Waals surface area (Å²) in [4.78, 5) is 10.6. The van der Waals surface area contributed by atoms with E-state index >= 15 is 0 Å². The molecular weight excluding hydrogens is 192 g/mol. The molecule has 0 bridgehead atoms. The Labute approximate surface area is 76.6 Å². The van der Waals surface area contributed by atoms with Crippen molar-refractivity contribution >= 4 is 22.5 Å². The molecule has 1 aromatic carbocycles. The summed E-state index contributed by atoms with van der Waals surface area (Å²) in [6, 6.07) is 5.82. The Kier molecular flexibility index (Phi) is 2.86. The van der Waals surface area contributed by atoms with Crippen molar-refractivity contribution in [2.75, 3.05) is 4.72 Å². The van der Waals surface area contributed by atoms with Gasteiger partial charge in [0.2, 0.25) is 16.8 Å². The summed E-state index contributed by atoms with van der Waals surface area (Å²) < 4.78 is 22.6. The molecule has 3 N–H and O–H groups in total. The average molecular weight is 200 g/mol. The minimum Gasteiger partial charge on any atom is -0.366 e. The molecule has 70 valence electrons. The maximum atomic E-state index is 10.6. The van der Waals surface area contributed by atoms with E-state index in [2.05, 4.69) is 4.72 Å². The van der Waals surface area contributed by atoms with Crippen LogP contribution in [-0.4, -0.2) is 14.3 Å². The Hall–Kier alpha value is -1.56. The average Bonchev–Trinajstić information content (AvgIpc) is 2.04. The molecule has 5 nitrogen and oxygen atoms in total. The predicted molar refractivity (Wildman–Crippen MR) is 48.9 cm³/mol. The van der Waals surface area contributed by atoms with Crippen LogP contribution < -0.4 is 10.5 Å². The fourth-order valence-electron chi connectivity index (χ4n) is 0.814. The number of primary amides is 1. The lowest BCUT2D eigenvalue weighted by Gasteiger charge is -1.98. The minimum absolute atomic E-state index is 0.340. The van der Waals surface area contributed by atoms with Crippen LogP contribution in [0.2, 0.25) is 0 Å². The number of amides is 1. The molecule has 0 aromatic heterocycles. The summed E-state index contributed by atoms with van der Waals surface area (Å²) in [6.07, 6.45) is 0. The molecule has 0 atom stereocenters. The van der Waals surface area contributed by atoms with Crippen molar-refractivity contribution in [2.45, 2.75) is 0 Å². The van der Waals surface area contributed by atoms with Gasteiger partial charge in [-0.1, -0.05) is 0 Å². The number of nitrogens with one attached hydrogen (secondary N) is 1. The third-order valence-electron chi connectivity index (χ3n) is 1.39. The summed E-state index contributed by atoms with van der Waals surface area (Å²) in [6.45, 7) is 0. The number of hydrogen-bond acceptors (Lipinski definition) is 3. The van der Waals surface area contributed by atoms with E-state index in [1.807, 2.05) is 0 Å². The van der Waals surface area contributed by atoms with E-state index in [1.165, 1.54) is 24.3 Å². The highest BCUT2D eigenvalue weighted by atomic mass is 32.2. The van der Waals surface area contributed by atoms with Gasteiger partial charge in [0.25, 0.3) is 0 Å². The lowest BCUT2D eigenvalue weighted by Crippen LogP contribution is -2.10. The molecule has 0 radical (unpaired) electrons. The first-order valence-electron chi connectivity index (χ1n) is 3.40. The van der Waals surface area contributed by atoms with Crippen molar-refractivity contribution in [3.8, 4) is 0 Å². The molecule has 0 aliphatic rings. The molecule has 1 amide bonds. The Balaban J connectivity index is 2.87. The van der Waals surface area contributed by atoms with Gasteiger partial charge < -0.3 is 5.73 Å². The van der Waals surface area contributed by atoms with Crippen molar-refractivity contribution < 1.29 is 13.2 Å². The van der Waals surface area contributed by atoms with E-state index in [0.29, 0.717) is 11.3 Å². The van der Waals surface area contributed by atoms with Crippen LogP contribution >= 0.6 is 0 Å². The fourth-order valence-corrected chi connectivity index (χ4v) is 1.17. The lowest BCUT2D eigenvalue weighted by molar-refractivity contribution is 0.100. The van der Waals surface area contributed by atoms with E-state index in [0.717, 1.165) is 0 Å². The third-order valence-corrected chi connectivity index (χ3v) is 1.83. The summed E-state index contributed by atoms with van der Waals surface area (Å²) >= 11 is 0. The highest BCUT2D eigenvalue weighted by molar-refractivity contribution is 7.73. The first-order valence-corrected chi connectivity index (χ1v) is 4.58. The van der Waals surface area contributed by atoms with E-state index in [-0.39, 0.29) is 0 Å². The Morgan fingerprint density at radius 1 is 1.23 bits per heavy atom. The molecule has 0 fully saturated rings. The monoisotopic (exact) mass is 200 g/mol. The number of nitrogens with two attached hydrogens (primary N) is 1. The van der Waals surface area contributed by atoms with Gasteiger partial charge in [-0.2, -0.15) is 0 Å². The molecule has 0 unspecified atom stereocenters. The number of anilines is 1. The number of rotatable bonds is 3. The Morgan fingerprint density at radius 2 is 1.77 bits per heavy atom. The molecule has 13 heavy (non-hydrogen) atoms. The molecule has 0 saturated carbocycles. The van der Waals surface area contributed by atoms with Gasteiger partial charge in [-0.25, -0.2) is 8.42 Å². The maximum absolute atomic E-state index is 10.6. The molecule has 0 spiro atoms. The van der Waals surface area contributed by atoms with Gasteiger partial charge in [-0.05, 0) is 24.3 Å². The third kappa shape index (κ3) is 2.75. The van der Waals surface area contributed by atoms with Crippen molar-refractivity contribution in [1.29, 1.82) is 0 Å². The van der Waals surface area contributed by atoms with E-state index in [4.69, 9.17) is 5.73 Å². The summed E-state index contributed by atoms with van der Waals surface area (Å²) in [5.74, 6) is -0.543. The number of thiol groups is 1. The normalized spacial score (nSPS) is 9.92. The summed E-state index contributed by atoms with van der Waals surface area (Å²) in [5.41, 5.74) is 5.73. The van der Waals surface area contributed by atoms with Crippen LogP contribution in [0.25, 0.3) is 0 Å². The van der Waals surface area contributed by atoms with Gasteiger partial charge >= 0.3 is 0 Å². The minimum atomic E-state index is -2.67. The zero-order valence-electron chi connectivity index (χ0n) is 6.56. The molecule has 1 aromatic rings. The first-order chi connectivity index (χ1) is 6.09. The fraction of sp³-hybridized carbons (Fsp3) is 0. The summed E-state index contributed by atoms with van der Waals surface area (Å²) in [5, 5.41) is 0. The molecule has 0 aliphatic carbocycles. The SMILES string of the molecule is NC(=O)c1ccc(N[SH](=O)=O)cc1. The molecule has 0 heterocycles. The van der Waals surface area contributed by atoms with Crippen LogP contribution in [0, 0.1) is 0 Å². The Morgan fingerprint density at radius 3 is 2.15 bits per heavy atom. The lowest BCUT2D eigenvalue weighted by atomic mass is 10.2. The second-order valence-corrected chi connectivity index (χ2v) is 3.05. The van der Waals surface area contributed by atoms with Crippen molar-refractivity contribution in [3.05, 3.63) is 29.8 Å². The van der Waals surface area contributed by atoms with E-state index in [9.17, 15) is 13.2 Å². The maximum Gasteiger partial charge on any atom is 0.248 e. The van der Waals surface area contributed by atoms with Crippen molar-refractivity contribution in [3.63, 3.8) is 0 Å². The quantitative estimate of drug-likeness (QED) is 0.586. The zero-order chi connectivity index (χ0) is 9.84. The van der Waals surface area contributed by atoms with Gasteiger partial charge in [-0.15, -0.1) is 0 Å². The van der Waals surface area contributed by atoms with Crippen LogP contribution in [0.15, 0.2) is 24.3 Å². The second kappa shape index (κ2) is 3.90. The highest BCUT2D eigenvalue weighted by Crippen LogP contribution is 2.08. The smallest absolute Gasteiger partial charge is 0.248 e. The van der Waals surface area contributed by atoms with Crippen LogP contribution in [-0.2, 0) is 10.9 Å². The van der Waals surface area contributed by atoms with Gasteiger partial charge in [0, 0.05) is 11.3 Å². The topological polar surface area (TPSA) is 89.3 Å². The van der Waals surface area contributed by atoms with E-state index < -0.39 is 16.8 Å². The predicted octanol–water partition coefficient (Wildman–Crippen LogP) is -0.276. The largest absolute Gasteiger partial charge is 0.366 e. The van der Waals surface area contributed by atoms with Crippen LogP contribution in [0.4, 0.5) is 5.69 Å². The number of benzene rings is 1. The van der Waals surface area contributed by atoms with Gasteiger partial charge in [0.1, 0.15) is 0 Å². The van der Waals surface area contributed by atoms with Crippen molar-refractivity contribution in [1.82, 2.24) is 0 Å². The molecule has 0 saturated heterocycles. The Bertz CT molecular complexity index is 375. The molecule has 6 heteroatoms. The van der Waals surface area contributed by atoms with Crippen LogP contribution in [0.5, 0.6) is 0 Å². The van der Waals surface area contributed by atoms with Gasteiger partial charge in [-0.3, -0.25) is 9.52 Å². The highest BCUT2D eigenvalue weighted by Gasteiger charge is 1.98. The van der Waals surface area contributed by atoms with Crippen LogP contribution in [0.1, 0.15) is 10.4 Å². The standard InChI is InChI=1S/C7H8N2O3S/c8-7(10)5-1-3-6(4-2-5)9-13(11)12/h1-4,13H,(H2,8,10)(H,9,11,12). The molecule has 1 rings (SSSR count). The van der Waals surface area contributed by atoms with Crippen molar-refractivity contribution in [2.24, 2.45) is 5.73 Å². The first kappa shape index (κ1) is 9.53.